The van der Waals surface area contributed by atoms with E-state index in [0.29, 0.717) is 36.2 Å². The molecule has 0 bridgehead atoms. The molecule has 0 aliphatic rings. The van der Waals surface area contributed by atoms with Crippen LogP contribution >= 0.6 is 11.6 Å². The lowest BCUT2D eigenvalue weighted by molar-refractivity contribution is 0.0900. The first-order valence-electron chi connectivity index (χ1n) is 6.38. The van der Waals surface area contributed by atoms with Crippen molar-refractivity contribution in [2.45, 2.75) is 0 Å². The summed E-state index contributed by atoms with van der Waals surface area (Å²) in [6, 6.07) is 1.62. The van der Waals surface area contributed by atoms with Crippen LogP contribution in [-0.4, -0.2) is 63.2 Å². The molecular formula is C13H21ClN4O2. The number of likely N-dealkylation sites (N-methyl/N-ethyl adjacent to an activating group) is 1. The van der Waals surface area contributed by atoms with Crippen molar-refractivity contribution in [3.63, 3.8) is 0 Å². The Hall–Kier alpha value is -1.37. The number of ether oxygens (including phenoxy) is 1. The zero-order valence-electron chi connectivity index (χ0n) is 12.1. The quantitative estimate of drug-likeness (QED) is 0.704. The van der Waals surface area contributed by atoms with Crippen molar-refractivity contribution in [3.05, 3.63) is 22.8 Å². The molecule has 1 heterocycles. The monoisotopic (exact) mass is 300 g/mol. The van der Waals surface area contributed by atoms with Crippen LogP contribution in [0.5, 0.6) is 0 Å². The average Bonchev–Trinajstić information content (AvgIpc) is 2.42. The Bertz CT molecular complexity index is 440. The Morgan fingerprint density at radius 3 is 2.85 bits per heavy atom. The molecule has 20 heavy (non-hydrogen) atoms. The predicted molar refractivity (Wildman–Crippen MR) is 80.5 cm³/mol. The Balaban J connectivity index is 2.36. The number of anilines is 1. The lowest BCUT2D eigenvalue weighted by Crippen LogP contribution is -2.28. The molecule has 7 heteroatoms. The smallest absolute Gasteiger partial charge is 0.253 e. The predicted octanol–water partition coefficient (Wildman–Crippen LogP) is 1.08. The van der Waals surface area contributed by atoms with Gasteiger partial charge in [-0.25, -0.2) is 4.98 Å². The number of pyridine rings is 1. The van der Waals surface area contributed by atoms with Crippen molar-refractivity contribution in [2.24, 2.45) is 0 Å². The minimum absolute atomic E-state index is 0.231. The highest BCUT2D eigenvalue weighted by molar-refractivity contribution is 6.33. The maximum atomic E-state index is 12.0. The molecule has 0 radical (unpaired) electrons. The maximum Gasteiger partial charge on any atom is 0.253 e. The van der Waals surface area contributed by atoms with Gasteiger partial charge in [0.2, 0.25) is 0 Å². The third-order valence-electron chi connectivity index (χ3n) is 2.57. The van der Waals surface area contributed by atoms with Crippen molar-refractivity contribution >= 4 is 23.3 Å². The van der Waals surface area contributed by atoms with Gasteiger partial charge in [0.05, 0.1) is 23.8 Å². The fourth-order valence-electron chi connectivity index (χ4n) is 1.43. The lowest BCUT2D eigenvalue weighted by Gasteiger charge is -2.11. The van der Waals surface area contributed by atoms with E-state index >= 15 is 0 Å². The van der Waals surface area contributed by atoms with Gasteiger partial charge in [-0.05, 0) is 20.2 Å². The van der Waals surface area contributed by atoms with Gasteiger partial charge in [-0.1, -0.05) is 11.6 Å². The largest absolute Gasteiger partial charge is 0.378 e. The van der Waals surface area contributed by atoms with Crippen LogP contribution in [0, 0.1) is 0 Å². The minimum Gasteiger partial charge on any atom is -0.378 e. The van der Waals surface area contributed by atoms with Gasteiger partial charge in [0.15, 0.2) is 0 Å². The Morgan fingerprint density at radius 2 is 2.20 bits per heavy atom. The fraction of sp³-hybridized carbons (Fsp3) is 0.538. The molecule has 1 aromatic rings. The summed E-state index contributed by atoms with van der Waals surface area (Å²) >= 11 is 5.96. The fourth-order valence-corrected chi connectivity index (χ4v) is 1.62. The average molecular weight is 301 g/mol. The maximum absolute atomic E-state index is 12.0. The first-order valence-corrected chi connectivity index (χ1v) is 6.76. The summed E-state index contributed by atoms with van der Waals surface area (Å²) in [6.07, 6.45) is 1.45. The van der Waals surface area contributed by atoms with Crippen LogP contribution in [0.25, 0.3) is 0 Å². The van der Waals surface area contributed by atoms with Crippen LogP contribution < -0.4 is 10.6 Å². The number of carbonyl (C=O) groups excluding carboxylic acids is 1. The number of amides is 1. The number of halogens is 1. The van der Waals surface area contributed by atoms with Crippen molar-refractivity contribution in [2.75, 3.05) is 52.8 Å². The molecule has 0 saturated heterocycles. The third kappa shape index (κ3) is 5.73. The van der Waals surface area contributed by atoms with E-state index in [4.69, 9.17) is 16.3 Å². The first-order chi connectivity index (χ1) is 9.54. The molecule has 0 spiro atoms. The van der Waals surface area contributed by atoms with E-state index in [0.717, 1.165) is 6.54 Å². The Kier molecular flexibility index (Phi) is 7.28. The molecule has 0 unspecified atom stereocenters. The summed E-state index contributed by atoms with van der Waals surface area (Å²) in [5.41, 5.74) is 0.402. The van der Waals surface area contributed by atoms with Gasteiger partial charge < -0.3 is 20.3 Å². The Labute approximate surface area is 124 Å². The number of nitrogens with one attached hydrogen (secondary N) is 2. The van der Waals surface area contributed by atoms with Gasteiger partial charge in [0, 0.05) is 26.3 Å². The zero-order valence-corrected chi connectivity index (χ0v) is 12.8. The molecule has 112 valence electrons. The van der Waals surface area contributed by atoms with Gasteiger partial charge in [0.25, 0.3) is 5.91 Å². The van der Waals surface area contributed by atoms with E-state index in [-0.39, 0.29) is 5.91 Å². The number of rotatable bonds is 8. The summed E-state index contributed by atoms with van der Waals surface area (Å²) in [7, 11) is 5.70. The molecule has 0 aliphatic carbocycles. The highest BCUT2D eigenvalue weighted by Gasteiger charge is 2.11. The van der Waals surface area contributed by atoms with Gasteiger partial charge in [-0.3, -0.25) is 4.79 Å². The number of aromatic nitrogens is 1. The summed E-state index contributed by atoms with van der Waals surface area (Å²) in [6.45, 7) is 2.42. The van der Waals surface area contributed by atoms with Crippen LogP contribution in [0.3, 0.4) is 0 Å². The van der Waals surface area contributed by atoms with Crippen molar-refractivity contribution in [1.82, 2.24) is 15.2 Å². The van der Waals surface area contributed by atoms with Crippen LogP contribution in [0.4, 0.5) is 5.82 Å². The third-order valence-corrected chi connectivity index (χ3v) is 2.87. The second-order valence-corrected chi connectivity index (χ2v) is 4.88. The van der Waals surface area contributed by atoms with E-state index in [9.17, 15) is 4.79 Å². The molecule has 2 N–H and O–H groups in total. The number of hydrogen-bond acceptors (Lipinski definition) is 5. The van der Waals surface area contributed by atoms with E-state index in [1.165, 1.54) is 6.20 Å². The molecule has 0 saturated carbocycles. The van der Waals surface area contributed by atoms with E-state index in [1.54, 1.807) is 13.1 Å². The van der Waals surface area contributed by atoms with Gasteiger partial charge in [-0.15, -0.1) is 0 Å². The van der Waals surface area contributed by atoms with E-state index < -0.39 is 0 Å². The van der Waals surface area contributed by atoms with Gasteiger partial charge in [0.1, 0.15) is 5.82 Å². The molecular weight excluding hydrogens is 280 g/mol. The number of hydrogen-bond donors (Lipinski definition) is 2. The summed E-state index contributed by atoms with van der Waals surface area (Å²) < 4.78 is 5.39. The standard InChI is InChI=1S/C13H21ClN4O2/c1-15-12-8-10(11(14)9-17-12)13(19)16-4-6-20-7-5-18(2)3/h8-9H,4-7H2,1-3H3,(H,15,17)(H,16,19). The molecule has 6 nitrogen and oxygen atoms in total. The zero-order chi connectivity index (χ0) is 15.0. The van der Waals surface area contributed by atoms with E-state index in [1.807, 2.05) is 19.0 Å². The van der Waals surface area contributed by atoms with Crippen LogP contribution in [0.15, 0.2) is 12.3 Å². The van der Waals surface area contributed by atoms with Crippen molar-refractivity contribution in [1.29, 1.82) is 0 Å². The van der Waals surface area contributed by atoms with Crippen LogP contribution in [0.1, 0.15) is 10.4 Å². The van der Waals surface area contributed by atoms with Gasteiger partial charge >= 0.3 is 0 Å². The number of carbonyl (C=O) groups is 1. The van der Waals surface area contributed by atoms with E-state index in [2.05, 4.69) is 15.6 Å². The van der Waals surface area contributed by atoms with Crippen molar-refractivity contribution < 1.29 is 9.53 Å². The summed E-state index contributed by atoms with van der Waals surface area (Å²) in [4.78, 5) is 18.0. The highest BCUT2D eigenvalue weighted by Crippen LogP contribution is 2.17. The highest BCUT2D eigenvalue weighted by atomic mass is 35.5. The molecule has 0 fully saturated rings. The summed E-state index contributed by atoms with van der Waals surface area (Å²) in [5, 5.41) is 5.96. The second-order valence-electron chi connectivity index (χ2n) is 4.47. The van der Waals surface area contributed by atoms with Gasteiger partial charge in [-0.2, -0.15) is 0 Å². The van der Waals surface area contributed by atoms with Crippen LogP contribution in [0.2, 0.25) is 5.02 Å². The molecule has 0 atom stereocenters. The summed E-state index contributed by atoms with van der Waals surface area (Å²) in [5.74, 6) is 0.367. The minimum atomic E-state index is -0.231. The number of nitrogens with zero attached hydrogens (tertiary/aromatic N) is 2. The molecule has 0 aromatic carbocycles. The molecule has 0 aliphatic heterocycles. The molecule has 1 amide bonds. The second kappa shape index (κ2) is 8.73. The Morgan fingerprint density at radius 1 is 1.45 bits per heavy atom. The molecule has 1 rings (SSSR count). The first kappa shape index (κ1) is 16.7. The molecule has 1 aromatic heterocycles. The topological polar surface area (TPSA) is 66.5 Å². The SMILES string of the molecule is CNc1cc(C(=O)NCCOCCN(C)C)c(Cl)cn1. The van der Waals surface area contributed by atoms with Crippen molar-refractivity contribution in [3.8, 4) is 0 Å². The van der Waals surface area contributed by atoms with Crippen LogP contribution in [-0.2, 0) is 4.74 Å². The lowest BCUT2D eigenvalue weighted by atomic mass is 10.2. The normalized spacial score (nSPS) is 10.7.